The number of hydrogen-bond donors (Lipinski definition) is 1. The van der Waals surface area contributed by atoms with E-state index in [9.17, 15) is 9.59 Å². The number of aliphatic carboxylic acids is 1. The molecule has 1 N–H and O–H groups in total. The van der Waals surface area contributed by atoms with Crippen LogP contribution in [0.25, 0.3) is 0 Å². The topological polar surface area (TPSA) is 78.7 Å². The van der Waals surface area contributed by atoms with Gasteiger partial charge in [0.2, 0.25) is 0 Å². The number of benzene rings is 1. The molecule has 1 amide bonds. The predicted molar refractivity (Wildman–Crippen MR) is 92.5 cm³/mol. The summed E-state index contributed by atoms with van der Waals surface area (Å²) in [5.74, 6) is -1.10. The average Bonchev–Trinajstić information content (AvgIpc) is 3.05. The van der Waals surface area contributed by atoms with Crippen LogP contribution >= 0.6 is 11.6 Å². The van der Waals surface area contributed by atoms with Crippen molar-refractivity contribution in [1.82, 2.24) is 19.6 Å². The molecular weight excluding hydrogens is 344 g/mol. The second-order valence-electron chi connectivity index (χ2n) is 6.02. The van der Waals surface area contributed by atoms with Gasteiger partial charge in [0.15, 0.2) is 0 Å². The zero-order valence-electron chi connectivity index (χ0n) is 13.6. The van der Waals surface area contributed by atoms with Crippen LogP contribution in [0.3, 0.4) is 0 Å². The minimum absolute atomic E-state index is 0.109. The van der Waals surface area contributed by atoms with E-state index in [1.54, 1.807) is 4.90 Å². The van der Waals surface area contributed by atoms with Gasteiger partial charge in [0.1, 0.15) is 6.54 Å². The number of carboxylic acids is 1. The highest BCUT2D eigenvalue weighted by molar-refractivity contribution is 6.30. The molecule has 25 heavy (non-hydrogen) atoms. The summed E-state index contributed by atoms with van der Waals surface area (Å²) in [7, 11) is 0. The van der Waals surface area contributed by atoms with Gasteiger partial charge in [-0.2, -0.15) is 5.10 Å². The molecule has 0 radical (unpaired) electrons. The van der Waals surface area contributed by atoms with Crippen molar-refractivity contribution in [3.8, 4) is 0 Å². The standard InChI is InChI=1S/C17H19ClN4O3/c18-15-3-1-13(2-4-15)10-20-5-7-21(8-6-20)17(25)14-9-19-22(11-14)12-16(23)24/h1-4,9,11H,5-8,10,12H2,(H,23,24). The van der Waals surface area contributed by atoms with Gasteiger partial charge >= 0.3 is 5.97 Å². The zero-order chi connectivity index (χ0) is 17.8. The first-order valence-corrected chi connectivity index (χ1v) is 8.39. The Morgan fingerprint density at radius 3 is 2.44 bits per heavy atom. The molecule has 1 aliphatic rings. The minimum atomic E-state index is -0.988. The Morgan fingerprint density at radius 1 is 1.12 bits per heavy atom. The number of nitrogens with zero attached hydrogens (tertiary/aromatic N) is 4. The molecular formula is C17H19ClN4O3. The van der Waals surface area contributed by atoms with Crippen LogP contribution in [-0.2, 0) is 17.9 Å². The number of halogens is 1. The number of aromatic nitrogens is 2. The Bertz CT molecular complexity index is 752. The lowest BCUT2D eigenvalue weighted by Crippen LogP contribution is -2.48. The summed E-state index contributed by atoms with van der Waals surface area (Å²) in [6.07, 6.45) is 2.90. The lowest BCUT2D eigenvalue weighted by atomic mass is 10.2. The van der Waals surface area contributed by atoms with Crippen molar-refractivity contribution in [2.75, 3.05) is 26.2 Å². The molecule has 3 rings (SSSR count). The van der Waals surface area contributed by atoms with Crippen LogP contribution in [0.5, 0.6) is 0 Å². The van der Waals surface area contributed by atoms with Crippen LogP contribution in [0.1, 0.15) is 15.9 Å². The van der Waals surface area contributed by atoms with Crippen molar-refractivity contribution < 1.29 is 14.7 Å². The molecule has 0 spiro atoms. The van der Waals surface area contributed by atoms with Gasteiger partial charge in [0.25, 0.3) is 5.91 Å². The summed E-state index contributed by atoms with van der Waals surface area (Å²) in [5, 5.41) is 13.4. The molecule has 0 atom stereocenters. The Hall–Kier alpha value is -2.38. The van der Waals surface area contributed by atoms with E-state index in [-0.39, 0.29) is 12.5 Å². The highest BCUT2D eigenvalue weighted by Crippen LogP contribution is 2.14. The maximum absolute atomic E-state index is 12.5. The Balaban J connectivity index is 1.52. The van der Waals surface area contributed by atoms with E-state index >= 15 is 0 Å². The van der Waals surface area contributed by atoms with E-state index in [0.717, 1.165) is 24.7 Å². The summed E-state index contributed by atoms with van der Waals surface area (Å²) in [5.41, 5.74) is 1.62. The fraction of sp³-hybridized carbons (Fsp3) is 0.353. The summed E-state index contributed by atoms with van der Waals surface area (Å²) in [6, 6.07) is 7.78. The van der Waals surface area contributed by atoms with E-state index in [1.807, 2.05) is 24.3 Å². The third-order valence-corrected chi connectivity index (χ3v) is 4.41. The number of carboxylic acid groups (broad SMARTS) is 1. The number of rotatable bonds is 5. The van der Waals surface area contributed by atoms with Crippen molar-refractivity contribution in [1.29, 1.82) is 0 Å². The molecule has 132 valence electrons. The number of carbonyl (C=O) groups is 2. The zero-order valence-corrected chi connectivity index (χ0v) is 14.4. The summed E-state index contributed by atoms with van der Waals surface area (Å²) in [6.45, 7) is 3.43. The minimum Gasteiger partial charge on any atom is -0.480 e. The maximum atomic E-state index is 12.5. The molecule has 1 aromatic heterocycles. The van der Waals surface area contributed by atoms with Crippen LogP contribution in [0, 0.1) is 0 Å². The highest BCUT2D eigenvalue weighted by atomic mass is 35.5. The first-order chi connectivity index (χ1) is 12.0. The van der Waals surface area contributed by atoms with Gasteiger partial charge in [-0.05, 0) is 17.7 Å². The molecule has 1 aliphatic heterocycles. The van der Waals surface area contributed by atoms with Crippen LogP contribution in [0.15, 0.2) is 36.7 Å². The SMILES string of the molecule is O=C(O)Cn1cc(C(=O)N2CCN(Cc3ccc(Cl)cc3)CC2)cn1. The van der Waals surface area contributed by atoms with Gasteiger partial charge in [-0.1, -0.05) is 23.7 Å². The van der Waals surface area contributed by atoms with Crippen molar-refractivity contribution >= 4 is 23.5 Å². The highest BCUT2D eigenvalue weighted by Gasteiger charge is 2.23. The maximum Gasteiger partial charge on any atom is 0.325 e. The largest absolute Gasteiger partial charge is 0.480 e. The third-order valence-electron chi connectivity index (χ3n) is 4.16. The Kier molecular flexibility index (Phi) is 5.35. The fourth-order valence-electron chi connectivity index (χ4n) is 2.84. The van der Waals surface area contributed by atoms with Crippen LogP contribution in [0.4, 0.5) is 0 Å². The first-order valence-electron chi connectivity index (χ1n) is 8.01. The Labute approximate surface area is 150 Å². The molecule has 0 saturated carbocycles. The summed E-state index contributed by atoms with van der Waals surface area (Å²) < 4.78 is 1.26. The van der Waals surface area contributed by atoms with Gasteiger partial charge in [-0.3, -0.25) is 19.2 Å². The van der Waals surface area contributed by atoms with Gasteiger partial charge in [0, 0.05) is 43.9 Å². The molecule has 0 unspecified atom stereocenters. The molecule has 0 bridgehead atoms. The van der Waals surface area contributed by atoms with Crippen LogP contribution in [-0.4, -0.2) is 62.7 Å². The van der Waals surface area contributed by atoms with Crippen molar-refractivity contribution in [2.24, 2.45) is 0 Å². The number of hydrogen-bond acceptors (Lipinski definition) is 4. The van der Waals surface area contributed by atoms with Crippen molar-refractivity contribution in [2.45, 2.75) is 13.1 Å². The lowest BCUT2D eigenvalue weighted by Gasteiger charge is -2.34. The molecule has 1 fully saturated rings. The van der Waals surface area contributed by atoms with Crippen LogP contribution in [0.2, 0.25) is 5.02 Å². The lowest BCUT2D eigenvalue weighted by molar-refractivity contribution is -0.137. The van der Waals surface area contributed by atoms with Gasteiger partial charge in [0.05, 0.1) is 11.8 Å². The predicted octanol–water partition coefficient (Wildman–Crippen LogP) is 1.58. The number of carbonyl (C=O) groups excluding carboxylic acids is 1. The summed E-state index contributed by atoms with van der Waals surface area (Å²) >= 11 is 5.90. The molecule has 0 aliphatic carbocycles. The van der Waals surface area contributed by atoms with E-state index in [0.29, 0.717) is 18.7 Å². The monoisotopic (exact) mass is 362 g/mol. The average molecular weight is 363 g/mol. The number of amides is 1. The van der Waals surface area contributed by atoms with E-state index in [2.05, 4.69) is 10.00 Å². The quantitative estimate of drug-likeness (QED) is 0.873. The van der Waals surface area contributed by atoms with Crippen molar-refractivity contribution in [3.63, 3.8) is 0 Å². The molecule has 1 saturated heterocycles. The van der Waals surface area contributed by atoms with E-state index in [1.165, 1.54) is 22.6 Å². The van der Waals surface area contributed by atoms with Gasteiger partial charge < -0.3 is 10.0 Å². The number of piperazine rings is 1. The molecule has 8 heteroatoms. The van der Waals surface area contributed by atoms with E-state index in [4.69, 9.17) is 16.7 Å². The third kappa shape index (κ3) is 4.58. The first kappa shape index (κ1) is 17.4. The van der Waals surface area contributed by atoms with E-state index < -0.39 is 5.97 Å². The fourth-order valence-corrected chi connectivity index (χ4v) is 2.96. The smallest absolute Gasteiger partial charge is 0.325 e. The molecule has 2 aromatic rings. The molecule has 1 aromatic carbocycles. The Morgan fingerprint density at radius 2 is 1.80 bits per heavy atom. The molecule has 7 nitrogen and oxygen atoms in total. The van der Waals surface area contributed by atoms with Crippen LogP contribution < -0.4 is 0 Å². The molecule has 2 heterocycles. The second-order valence-corrected chi connectivity index (χ2v) is 6.45. The van der Waals surface area contributed by atoms with Crippen molar-refractivity contribution in [3.05, 3.63) is 52.8 Å². The van der Waals surface area contributed by atoms with Gasteiger partial charge in [-0.25, -0.2) is 0 Å². The van der Waals surface area contributed by atoms with Gasteiger partial charge in [-0.15, -0.1) is 0 Å². The second kappa shape index (κ2) is 7.67. The normalized spacial score (nSPS) is 15.3. The summed E-state index contributed by atoms with van der Waals surface area (Å²) in [4.78, 5) is 27.2.